The van der Waals surface area contributed by atoms with Gasteiger partial charge in [0.15, 0.2) is 0 Å². The highest BCUT2D eigenvalue weighted by atomic mass is 15.2. The molecule has 1 unspecified atom stereocenters. The summed E-state index contributed by atoms with van der Waals surface area (Å²) >= 11 is 0. The van der Waals surface area contributed by atoms with Crippen LogP contribution in [0.1, 0.15) is 19.3 Å². The molecule has 1 saturated heterocycles. The Morgan fingerprint density at radius 1 is 1.67 bits per heavy atom. The lowest BCUT2D eigenvalue weighted by Gasteiger charge is -2.22. The van der Waals surface area contributed by atoms with Crippen molar-refractivity contribution in [2.45, 2.75) is 25.3 Å². The van der Waals surface area contributed by atoms with Crippen molar-refractivity contribution in [1.82, 2.24) is 10.2 Å². The molecule has 1 N–H and O–H groups in total. The minimum atomic E-state index is 0.667. The van der Waals surface area contributed by atoms with Gasteiger partial charge >= 0.3 is 0 Å². The van der Waals surface area contributed by atoms with E-state index in [0.717, 1.165) is 13.1 Å². The van der Waals surface area contributed by atoms with E-state index < -0.39 is 0 Å². The SMILES string of the molecule is CNCC1CCCN1CCC#N. The predicted octanol–water partition coefficient (Wildman–Crippen LogP) is 0.584. The molecule has 1 atom stereocenters. The first-order valence-corrected chi connectivity index (χ1v) is 4.64. The second kappa shape index (κ2) is 5.13. The van der Waals surface area contributed by atoms with Crippen molar-refractivity contribution in [2.24, 2.45) is 0 Å². The van der Waals surface area contributed by atoms with E-state index in [0.29, 0.717) is 12.5 Å². The van der Waals surface area contributed by atoms with Gasteiger partial charge in [-0.2, -0.15) is 5.26 Å². The molecule has 0 radical (unpaired) electrons. The van der Waals surface area contributed by atoms with Crippen LogP contribution in [0.3, 0.4) is 0 Å². The summed E-state index contributed by atoms with van der Waals surface area (Å²) in [7, 11) is 1.99. The minimum Gasteiger partial charge on any atom is -0.318 e. The standard InChI is InChI=1S/C9H17N3/c1-11-8-9-4-2-6-12(9)7-3-5-10/h9,11H,2-4,6-8H2,1H3. The summed E-state index contributed by atoms with van der Waals surface area (Å²) in [5.41, 5.74) is 0. The van der Waals surface area contributed by atoms with Crippen LogP contribution in [0.15, 0.2) is 0 Å². The van der Waals surface area contributed by atoms with Crippen molar-refractivity contribution in [2.75, 3.05) is 26.7 Å². The molecule has 0 aromatic rings. The maximum atomic E-state index is 8.45. The number of rotatable bonds is 4. The maximum absolute atomic E-state index is 8.45. The molecule has 12 heavy (non-hydrogen) atoms. The lowest BCUT2D eigenvalue weighted by atomic mass is 10.2. The van der Waals surface area contributed by atoms with E-state index in [9.17, 15) is 0 Å². The number of nitrogens with one attached hydrogen (secondary N) is 1. The van der Waals surface area contributed by atoms with E-state index in [1.165, 1.54) is 19.4 Å². The molecule has 0 aromatic carbocycles. The number of hydrogen-bond donors (Lipinski definition) is 1. The van der Waals surface area contributed by atoms with Crippen molar-refractivity contribution in [3.63, 3.8) is 0 Å². The number of nitrogens with zero attached hydrogens (tertiary/aromatic N) is 2. The monoisotopic (exact) mass is 167 g/mol. The molecule has 3 heteroatoms. The van der Waals surface area contributed by atoms with Gasteiger partial charge in [-0.3, -0.25) is 4.90 Å². The molecule has 1 aliphatic rings. The van der Waals surface area contributed by atoms with Crippen LogP contribution < -0.4 is 5.32 Å². The summed E-state index contributed by atoms with van der Waals surface area (Å²) in [6.45, 7) is 3.18. The number of nitriles is 1. The quantitative estimate of drug-likeness (QED) is 0.666. The van der Waals surface area contributed by atoms with Crippen LogP contribution in [0.5, 0.6) is 0 Å². The zero-order valence-corrected chi connectivity index (χ0v) is 7.71. The van der Waals surface area contributed by atoms with E-state index in [-0.39, 0.29) is 0 Å². The Morgan fingerprint density at radius 2 is 2.50 bits per heavy atom. The molecular weight excluding hydrogens is 150 g/mol. The predicted molar refractivity (Wildman–Crippen MR) is 48.8 cm³/mol. The summed E-state index contributed by atoms with van der Waals surface area (Å²) < 4.78 is 0. The molecule has 0 aromatic heterocycles. The highest BCUT2D eigenvalue weighted by Gasteiger charge is 2.22. The van der Waals surface area contributed by atoms with Crippen molar-refractivity contribution >= 4 is 0 Å². The highest BCUT2D eigenvalue weighted by molar-refractivity contribution is 4.83. The molecule has 0 saturated carbocycles. The van der Waals surface area contributed by atoms with E-state index >= 15 is 0 Å². The van der Waals surface area contributed by atoms with Gasteiger partial charge in [-0.25, -0.2) is 0 Å². The molecular formula is C9H17N3. The Balaban J connectivity index is 2.26. The van der Waals surface area contributed by atoms with E-state index in [1.54, 1.807) is 0 Å². The van der Waals surface area contributed by atoms with Crippen molar-refractivity contribution in [3.8, 4) is 6.07 Å². The summed E-state index contributed by atoms with van der Waals surface area (Å²) in [6.07, 6.45) is 3.24. The Hall–Kier alpha value is -0.590. The Bertz CT molecular complexity index is 162. The Labute approximate surface area is 74.4 Å². The molecule has 0 spiro atoms. The van der Waals surface area contributed by atoms with Gasteiger partial charge in [0.2, 0.25) is 0 Å². The first-order valence-electron chi connectivity index (χ1n) is 4.64. The fourth-order valence-electron chi connectivity index (χ4n) is 1.85. The molecule has 1 heterocycles. The third-order valence-electron chi connectivity index (χ3n) is 2.45. The molecule has 0 aliphatic carbocycles. The van der Waals surface area contributed by atoms with Gasteiger partial charge in [0.25, 0.3) is 0 Å². The molecule has 1 aliphatic heterocycles. The third-order valence-corrected chi connectivity index (χ3v) is 2.45. The van der Waals surface area contributed by atoms with Gasteiger partial charge in [0.1, 0.15) is 0 Å². The normalized spacial score (nSPS) is 24.2. The average molecular weight is 167 g/mol. The van der Waals surface area contributed by atoms with Crippen molar-refractivity contribution in [1.29, 1.82) is 5.26 Å². The zero-order chi connectivity index (χ0) is 8.81. The minimum absolute atomic E-state index is 0.667. The van der Waals surface area contributed by atoms with Crippen LogP contribution in [-0.2, 0) is 0 Å². The fraction of sp³-hybridized carbons (Fsp3) is 0.889. The van der Waals surface area contributed by atoms with Gasteiger partial charge in [0.05, 0.1) is 6.07 Å². The lowest BCUT2D eigenvalue weighted by Crippen LogP contribution is -2.37. The third kappa shape index (κ3) is 2.47. The molecule has 3 nitrogen and oxygen atoms in total. The van der Waals surface area contributed by atoms with Gasteiger partial charge < -0.3 is 5.32 Å². The molecule has 68 valence electrons. The smallest absolute Gasteiger partial charge is 0.0635 e. The first kappa shape index (κ1) is 9.50. The Morgan fingerprint density at radius 3 is 3.17 bits per heavy atom. The topological polar surface area (TPSA) is 39.1 Å². The summed E-state index contributed by atoms with van der Waals surface area (Å²) in [5.74, 6) is 0. The van der Waals surface area contributed by atoms with Crippen LogP contribution in [0.25, 0.3) is 0 Å². The van der Waals surface area contributed by atoms with Crippen LogP contribution in [0, 0.1) is 11.3 Å². The van der Waals surface area contributed by atoms with Crippen LogP contribution in [-0.4, -0.2) is 37.6 Å². The van der Waals surface area contributed by atoms with E-state index in [2.05, 4.69) is 16.3 Å². The number of hydrogen-bond acceptors (Lipinski definition) is 3. The van der Waals surface area contributed by atoms with Gasteiger partial charge in [-0.1, -0.05) is 0 Å². The second-order valence-corrected chi connectivity index (χ2v) is 3.30. The maximum Gasteiger partial charge on any atom is 0.0635 e. The van der Waals surface area contributed by atoms with Crippen molar-refractivity contribution < 1.29 is 0 Å². The lowest BCUT2D eigenvalue weighted by molar-refractivity contribution is 0.256. The number of likely N-dealkylation sites (tertiary alicyclic amines) is 1. The Kier molecular flexibility index (Phi) is 4.06. The molecule has 0 bridgehead atoms. The van der Waals surface area contributed by atoms with E-state index in [1.807, 2.05) is 7.05 Å². The van der Waals surface area contributed by atoms with Gasteiger partial charge in [0, 0.05) is 25.6 Å². The average Bonchev–Trinajstić information content (AvgIpc) is 2.50. The highest BCUT2D eigenvalue weighted by Crippen LogP contribution is 2.16. The second-order valence-electron chi connectivity index (χ2n) is 3.30. The molecule has 1 fully saturated rings. The van der Waals surface area contributed by atoms with Gasteiger partial charge in [-0.15, -0.1) is 0 Å². The van der Waals surface area contributed by atoms with Crippen LogP contribution >= 0.6 is 0 Å². The van der Waals surface area contributed by atoms with Crippen molar-refractivity contribution in [3.05, 3.63) is 0 Å². The summed E-state index contributed by atoms with van der Waals surface area (Å²) in [4.78, 5) is 2.42. The number of likely N-dealkylation sites (N-methyl/N-ethyl adjacent to an activating group) is 1. The van der Waals surface area contributed by atoms with Gasteiger partial charge in [-0.05, 0) is 26.4 Å². The summed E-state index contributed by atoms with van der Waals surface area (Å²) in [6, 6.07) is 2.86. The largest absolute Gasteiger partial charge is 0.318 e. The van der Waals surface area contributed by atoms with Crippen LogP contribution in [0.2, 0.25) is 0 Å². The summed E-state index contributed by atoms with van der Waals surface area (Å²) in [5, 5.41) is 11.6. The molecule has 1 rings (SSSR count). The first-order chi connectivity index (χ1) is 5.88. The van der Waals surface area contributed by atoms with Crippen LogP contribution in [0.4, 0.5) is 0 Å². The fourth-order valence-corrected chi connectivity index (χ4v) is 1.85. The molecule has 0 amide bonds. The van der Waals surface area contributed by atoms with E-state index in [4.69, 9.17) is 5.26 Å². The zero-order valence-electron chi connectivity index (χ0n) is 7.71.